The van der Waals surface area contributed by atoms with Gasteiger partial charge in [-0.25, -0.2) is 4.98 Å². The molecule has 0 spiro atoms. The van der Waals surface area contributed by atoms with Crippen LogP contribution in [0, 0.1) is 5.92 Å². The number of likely N-dealkylation sites (N-methyl/N-ethyl adjacent to an activating group) is 1. The Labute approximate surface area is 163 Å². The van der Waals surface area contributed by atoms with Crippen molar-refractivity contribution in [3.05, 3.63) is 23.5 Å². The van der Waals surface area contributed by atoms with Gasteiger partial charge in [0.05, 0.1) is 24.4 Å². The van der Waals surface area contributed by atoms with Crippen LogP contribution in [-0.4, -0.2) is 89.1 Å². The van der Waals surface area contributed by atoms with E-state index in [0.29, 0.717) is 26.2 Å². The number of hydrogen-bond donors (Lipinski definition) is 1. The van der Waals surface area contributed by atoms with Crippen LogP contribution >= 0.6 is 0 Å². The summed E-state index contributed by atoms with van der Waals surface area (Å²) in [5.41, 5.74) is 3.26. The topological polar surface area (TPSA) is 86.1 Å². The van der Waals surface area contributed by atoms with Gasteiger partial charge in [0.2, 0.25) is 11.8 Å². The van der Waals surface area contributed by atoms with Gasteiger partial charge in [0.25, 0.3) is 0 Å². The van der Waals surface area contributed by atoms with Crippen molar-refractivity contribution in [2.24, 2.45) is 5.92 Å². The molecule has 3 aliphatic rings. The fourth-order valence-electron chi connectivity index (χ4n) is 4.40. The van der Waals surface area contributed by atoms with Crippen LogP contribution in [0.1, 0.15) is 11.3 Å². The standard InChI is InChI=1S/C19H25N7O2/c1-23-7-3-14-15(4-8-23)22-16-2-5-21-26(16)18(14)25-10-13(11-25)19(28)24-9-6-20-17(27)12-24/h2,5,13H,3-4,6-12H2,1H3,(H,20,27). The lowest BCUT2D eigenvalue weighted by Gasteiger charge is -2.43. The Morgan fingerprint density at radius 3 is 2.86 bits per heavy atom. The Morgan fingerprint density at radius 1 is 1.21 bits per heavy atom. The van der Waals surface area contributed by atoms with Gasteiger partial charge in [-0.3, -0.25) is 9.59 Å². The van der Waals surface area contributed by atoms with Gasteiger partial charge in [0.1, 0.15) is 5.82 Å². The van der Waals surface area contributed by atoms with E-state index in [0.717, 1.165) is 43.1 Å². The van der Waals surface area contributed by atoms with Crippen LogP contribution in [0.5, 0.6) is 0 Å². The molecule has 2 amide bonds. The highest BCUT2D eigenvalue weighted by molar-refractivity contribution is 5.88. The van der Waals surface area contributed by atoms with Crippen molar-refractivity contribution in [3.63, 3.8) is 0 Å². The molecular weight excluding hydrogens is 358 g/mol. The molecule has 0 radical (unpaired) electrons. The Bertz CT molecular complexity index is 934. The summed E-state index contributed by atoms with van der Waals surface area (Å²) in [6.07, 6.45) is 3.65. The van der Waals surface area contributed by atoms with E-state index in [1.54, 1.807) is 11.1 Å². The lowest BCUT2D eigenvalue weighted by molar-refractivity contribution is -0.142. The van der Waals surface area contributed by atoms with Crippen molar-refractivity contribution < 1.29 is 9.59 Å². The highest BCUT2D eigenvalue weighted by atomic mass is 16.2. The number of aromatic nitrogens is 3. The predicted octanol–water partition coefficient (Wildman–Crippen LogP) is -0.846. The molecule has 0 bridgehead atoms. The van der Waals surface area contributed by atoms with Crippen LogP contribution in [0.15, 0.2) is 12.3 Å². The van der Waals surface area contributed by atoms with E-state index in [1.807, 2.05) is 10.6 Å². The Balaban J connectivity index is 1.39. The number of nitrogens with zero attached hydrogens (tertiary/aromatic N) is 6. The van der Waals surface area contributed by atoms with Crippen LogP contribution in [0.25, 0.3) is 5.65 Å². The van der Waals surface area contributed by atoms with E-state index < -0.39 is 0 Å². The van der Waals surface area contributed by atoms with Crippen molar-refractivity contribution in [2.75, 3.05) is 57.8 Å². The Hall–Kier alpha value is -2.68. The second kappa shape index (κ2) is 6.73. The molecule has 0 aromatic carbocycles. The fourth-order valence-corrected chi connectivity index (χ4v) is 4.40. The number of anilines is 1. The number of nitrogens with one attached hydrogen (secondary N) is 1. The van der Waals surface area contributed by atoms with E-state index in [-0.39, 0.29) is 24.3 Å². The second-order valence-corrected chi connectivity index (χ2v) is 7.98. The van der Waals surface area contributed by atoms with Gasteiger partial charge in [-0.1, -0.05) is 0 Å². The molecule has 2 fully saturated rings. The molecule has 2 aromatic heterocycles. The summed E-state index contributed by atoms with van der Waals surface area (Å²) in [7, 11) is 2.14. The fraction of sp³-hybridized carbons (Fsp3) is 0.579. The van der Waals surface area contributed by atoms with Crippen molar-refractivity contribution in [1.82, 2.24) is 29.7 Å². The van der Waals surface area contributed by atoms with Crippen LogP contribution in [-0.2, 0) is 22.4 Å². The Kier molecular flexibility index (Phi) is 4.19. The highest BCUT2D eigenvalue weighted by Crippen LogP contribution is 2.32. The number of rotatable bonds is 2. The molecule has 9 nitrogen and oxygen atoms in total. The predicted molar refractivity (Wildman–Crippen MR) is 103 cm³/mol. The molecule has 3 aliphatic heterocycles. The third-order valence-corrected chi connectivity index (χ3v) is 6.05. The molecule has 2 saturated heterocycles. The summed E-state index contributed by atoms with van der Waals surface area (Å²) in [4.78, 5) is 35.5. The normalized spacial score (nSPS) is 21.2. The van der Waals surface area contributed by atoms with Gasteiger partial charge >= 0.3 is 0 Å². The van der Waals surface area contributed by atoms with Gasteiger partial charge in [-0.15, -0.1) is 0 Å². The van der Waals surface area contributed by atoms with Crippen molar-refractivity contribution in [1.29, 1.82) is 0 Å². The quantitative estimate of drug-likeness (QED) is 0.728. The molecule has 5 heterocycles. The van der Waals surface area contributed by atoms with Gasteiger partial charge in [0, 0.05) is 57.3 Å². The number of amides is 2. The highest BCUT2D eigenvalue weighted by Gasteiger charge is 2.39. The minimum Gasteiger partial charge on any atom is -0.354 e. The van der Waals surface area contributed by atoms with Crippen LogP contribution in [0.2, 0.25) is 0 Å². The summed E-state index contributed by atoms with van der Waals surface area (Å²) in [6.45, 7) is 4.64. The van der Waals surface area contributed by atoms with E-state index >= 15 is 0 Å². The van der Waals surface area contributed by atoms with E-state index in [9.17, 15) is 9.59 Å². The zero-order valence-electron chi connectivity index (χ0n) is 16.1. The summed E-state index contributed by atoms with van der Waals surface area (Å²) in [6, 6.07) is 1.94. The smallest absolute Gasteiger partial charge is 0.239 e. The molecule has 0 saturated carbocycles. The first-order valence-electron chi connectivity index (χ1n) is 9.94. The molecule has 28 heavy (non-hydrogen) atoms. The minimum absolute atomic E-state index is 0.0613. The van der Waals surface area contributed by atoms with Gasteiger partial charge in [0.15, 0.2) is 5.65 Å². The van der Waals surface area contributed by atoms with Crippen LogP contribution < -0.4 is 10.2 Å². The monoisotopic (exact) mass is 383 g/mol. The molecule has 9 heteroatoms. The first-order valence-corrected chi connectivity index (χ1v) is 9.94. The van der Waals surface area contributed by atoms with Crippen molar-refractivity contribution in [2.45, 2.75) is 12.8 Å². The zero-order chi connectivity index (χ0) is 19.3. The molecule has 1 N–H and O–H groups in total. The molecule has 148 valence electrons. The first-order chi connectivity index (χ1) is 13.6. The lowest BCUT2D eigenvalue weighted by atomic mass is 9.96. The molecule has 0 atom stereocenters. The Morgan fingerprint density at radius 2 is 2.04 bits per heavy atom. The van der Waals surface area contributed by atoms with E-state index in [2.05, 4.69) is 27.3 Å². The number of hydrogen-bond acceptors (Lipinski definition) is 6. The third kappa shape index (κ3) is 2.90. The zero-order valence-corrected chi connectivity index (χ0v) is 16.1. The molecule has 2 aromatic rings. The summed E-state index contributed by atoms with van der Waals surface area (Å²) in [5, 5.41) is 7.27. The molecule has 0 unspecified atom stereocenters. The lowest BCUT2D eigenvalue weighted by Crippen LogP contribution is -2.59. The molecule has 5 rings (SSSR count). The number of carbonyl (C=O) groups is 2. The van der Waals surface area contributed by atoms with Crippen molar-refractivity contribution >= 4 is 23.3 Å². The SMILES string of the molecule is CN1CCc2nc3ccnn3c(N3CC(C(=O)N4CCNC(=O)C4)C3)c2CC1. The number of carbonyl (C=O) groups excluding carboxylic acids is 2. The maximum atomic E-state index is 12.8. The second-order valence-electron chi connectivity index (χ2n) is 7.98. The van der Waals surface area contributed by atoms with Gasteiger partial charge in [-0.2, -0.15) is 9.61 Å². The van der Waals surface area contributed by atoms with E-state index in [4.69, 9.17) is 4.98 Å². The molecular formula is C19H25N7O2. The maximum absolute atomic E-state index is 12.8. The largest absolute Gasteiger partial charge is 0.354 e. The van der Waals surface area contributed by atoms with Crippen molar-refractivity contribution in [3.8, 4) is 0 Å². The summed E-state index contributed by atoms with van der Waals surface area (Å²) in [5.74, 6) is 1.04. The van der Waals surface area contributed by atoms with Gasteiger partial charge in [-0.05, 0) is 13.5 Å². The number of piperazine rings is 1. The molecule has 0 aliphatic carbocycles. The average molecular weight is 383 g/mol. The first kappa shape index (κ1) is 17.4. The number of fused-ring (bicyclic) bond motifs is 2. The minimum atomic E-state index is -0.0717. The van der Waals surface area contributed by atoms with Gasteiger partial charge < -0.3 is 20.0 Å². The maximum Gasteiger partial charge on any atom is 0.239 e. The van der Waals surface area contributed by atoms with Crippen LogP contribution in [0.4, 0.5) is 5.82 Å². The van der Waals surface area contributed by atoms with E-state index in [1.165, 1.54) is 5.56 Å². The third-order valence-electron chi connectivity index (χ3n) is 6.05. The average Bonchev–Trinajstić information content (AvgIpc) is 3.03. The summed E-state index contributed by atoms with van der Waals surface area (Å²) >= 11 is 0. The van der Waals surface area contributed by atoms with Crippen LogP contribution in [0.3, 0.4) is 0 Å². The summed E-state index contributed by atoms with van der Waals surface area (Å²) < 4.78 is 1.92.